The lowest BCUT2D eigenvalue weighted by atomic mass is 9.96. The summed E-state index contributed by atoms with van der Waals surface area (Å²) in [4.78, 5) is 10.3. The van der Waals surface area contributed by atoms with Crippen molar-refractivity contribution < 1.29 is 14.3 Å². The summed E-state index contributed by atoms with van der Waals surface area (Å²) in [5.74, 6) is -0.898. The van der Waals surface area contributed by atoms with Gasteiger partial charge in [-0.25, -0.2) is 4.39 Å². The molecule has 0 fully saturated rings. The van der Waals surface area contributed by atoms with Crippen LogP contribution in [0.25, 0.3) is 0 Å². The van der Waals surface area contributed by atoms with Crippen LogP contribution in [-0.4, -0.2) is 11.1 Å². The van der Waals surface area contributed by atoms with E-state index in [2.05, 4.69) is 0 Å². The van der Waals surface area contributed by atoms with E-state index in [4.69, 9.17) is 5.11 Å². The zero-order valence-corrected chi connectivity index (χ0v) is 8.03. The second kappa shape index (κ2) is 4.74. The molecule has 0 amide bonds. The Labute approximate surface area is 82.4 Å². The molecule has 0 radical (unpaired) electrons. The quantitative estimate of drug-likeness (QED) is 0.803. The molecule has 2 nitrogen and oxygen atoms in total. The first kappa shape index (κ1) is 10.7. The second-order valence-corrected chi connectivity index (χ2v) is 3.39. The van der Waals surface area contributed by atoms with E-state index in [1.54, 1.807) is 12.1 Å². The van der Waals surface area contributed by atoms with E-state index in [0.717, 1.165) is 5.56 Å². The summed E-state index contributed by atoms with van der Waals surface area (Å²) in [6.45, 7) is 1.94. The topological polar surface area (TPSA) is 37.3 Å². The van der Waals surface area contributed by atoms with Crippen LogP contribution in [0.3, 0.4) is 0 Å². The van der Waals surface area contributed by atoms with E-state index < -0.39 is 5.97 Å². The van der Waals surface area contributed by atoms with Crippen LogP contribution in [0.5, 0.6) is 0 Å². The van der Waals surface area contributed by atoms with E-state index in [1.165, 1.54) is 12.1 Å². The highest BCUT2D eigenvalue weighted by molar-refractivity contribution is 5.66. The van der Waals surface area contributed by atoms with Crippen molar-refractivity contribution in [2.24, 2.45) is 0 Å². The van der Waals surface area contributed by atoms with E-state index in [-0.39, 0.29) is 18.2 Å². The molecule has 0 saturated carbocycles. The molecular formula is C11H13FO2. The van der Waals surface area contributed by atoms with Gasteiger partial charge in [-0.3, -0.25) is 4.79 Å². The van der Waals surface area contributed by atoms with Crippen molar-refractivity contribution in [1.29, 1.82) is 0 Å². The third kappa shape index (κ3) is 3.17. The fraction of sp³-hybridized carbons (Fsp3) is 0.364. The molecule has 0 unspecified atom stereocenters. The van der Waals surface area contributed by atoms with Crippen LogP contribution < -0.4 is 0 Å². The van der Waals surface area contributed by atoms with Crippen LogP contribution in [0.2, 0.25) is 0 Å². The second-order valence-electron chi connectivity index (χ2n) is 3.39. The van der Waals surface area contributed by atoms with Crippen LogP contribution in [0.4, 0.5) is 4.39 Å². The van der Waals surface area contributed by atoms with Crippen molar-refractivity contribution in [3.63, 3.8) is 0 Å². The molecule has 76 valence electrons. The number of aliphatic carboxylic acids is 1. The van der Waals surface area contributed by atoms with Gasteiger partial charge < -0.3 is 5.11 Å². The number of halogens is 1. The molecule has 14 heavy (non-hydrogen) atoms. The standard InChI is InChI=1S/C11H13FO2/c1-8(2-7-11(13)14)9-3-5-10(12)6-4-9/h3-6,8H,2,7H2,1H3,(H,13,14)/t8-/m1/s1. The Hall–Kier alpha value is -1.38. The molecule has 0 aromatic heterocycles. The van der Waals surface area contributed by atoms with E-state index in [9.17, 15) is 9.18 Å². The van der Waals surface area contributed by atoms with Gasteiger partial charge in [-0.05, 0) is 30.0 Å². The third-order valence-electron chi connectivity index (χ3n) is 2.23. The average Bonchev–Trinajstić information content (AvgIpc) is 2.15. The zero-order chi connectivity index (χ0) is 10.6. The normalized spacial score (nSPS) is 12.4. The van der Waals surface area contributed by atoms with Crippen LogP contribution in [-0.2, 0) is 4.79 Å². The Morgan fingerprint density at radius 3 is 2.50 bits per heavy atom. The van der Waals surface area contributed by atoms with Gasteiger partial charge in [-0.1, -0.05) is 19.1 Å². The molecular weight excluding hydrogens is 183 g/mol. The lowest BCUT2D eigenvalue weighted by Gasteiger charge is -2.09. The molecule has 0 aliphatic carbocycles. The Morgan fingerprint density at radius 1 is 1.43 bits per heavy atom. The summed E-state index contributed by atoms with van der Waals surface area (Å²) in [6, 6.07) is 6.18. The smallest absolute Gasteiger partial charge is 0.303 e. The number of rotatable bonds is 4. The molecule has 1 aromatic carbocycles. The van der Waals surface area contributed by atoms with Crippen molar-refractivity contribution in [2.75, 3.05) is 0 Å². The lowest BCUT2D eigenvalue weighted by molar-refractivity contribution is -0.137. The molecule has 0 aliphatic heterocycles. The van der Waals surface area contributed by atoms with Crippen molar-refractivity contribution in [2.45, 2.75) is 25.7 Å². The van der Waals surface area contributed by atoms with Crippen LogP contribution in [0.1, 0.15) is 31.2 Å². The van der Waals surface area contributed by atoms with Crippen molar-refractivity contribution >= 4 is 5.97 Å². The molecule has 0 aliphatic rings. The number of carbonyl (C=O) groups is 1. The van der Waals surface area contributed by atoms with Crippen LogP contribution >= 0.6 is 0 Å². The Balaban J connectivity index is 2.56. The fourth-order valence-corrected chi connectivity index (χ4v) is 1.30. The summed E-state index contributed by atoms with van der Waals surface area (Å²) in [6.07, 6.45) is 0.736. The van der Waals surface area contributed by atoms with Gasteiger partial charge in [-0.15, -0.1) is 0 Å². The fourth-order valence-electron chi connectivity index (χ4n) is 1.30. The number of hydrogen-bond donors (Lipinski definition) is 1. The largest absolute Gasteiger partial charge is 0.481 e. The number of hydrogen-bond acceptors (Lipinski definition) is 1. The first-order chi connectivity index (χ1) is 6.59. The van der Waals surface area contributed by atoms with E-state index >= 15 is 0 Å². The van der Waals surface area contributed by atoms with Crippen molar-refractivity contribution in [3.05, 3.63) is 35.6 Å². The minimum absolute atomic E-state index is 0.151. The summed E-state index contributed by atoms with van der Waals surface area (Å²) in [7, 11) is 0. The average molecular weight is 196 g/mol. The monoisotopic (exact) mass is 196 g/mol. The first-order valence-electron chi connectivity index (χ1n) is 4.57. The first-order valence-corrected chi connectivity index (χ1v) is 4.57. The van der Waals surface area contributed by atoms with Crippen molar-refractivity contribution in [1.82, 2.24) is 0 Å². The molecule has 1 rings (SSSR count). The van der Waals surface area contributed by atoms with Gasteiger partial charge in [0.1, 0.15) is 5.82 Å². The third-order valence-corrected chi connectivity index (χ3v) is 2.23. The summed E-state index contributed by atoms with van der Waals surface area (Å²) >= 11 is 0. The van der Waals surface area contributed by atoms with Gasteiger partial charge in [0.15, 0.2) is 0 Å². The van der Waals surface area contributed by atoms with Gasteiger partial charge in [0, 0.05) is 6.42 Å². The minimum Gasteiger partial charge on any atom is -0.481 e. The predicted octanol–water partition coefficient (Wildman–Crippen LogP) is 2.79. The van der Waals surface area contributed by atoms with Crippen LogP contribution in [0, 0.1) is 5.82 Å². The summed E-state index contributed by atoms with van der Waals surface area (Å²) in [5, 5.41) is 8.49. The Bertz CT molecular complexity index is 306. The molecule has 0 spiro atoms. The van der Waals surface area contributed by atoms with Crippen LogP contribution in [0.15, 0.2) is 24.3 Å². The summed E-state index contributed by atoms with van der Waals surface area (Å²) in [5.41, 5.74) is 0.979. The molecule has 1 atom stereocenters. The maximum atomic E-state index is 12.6. The lowest BCUT2D eigenvalue weighted by Crippen LogP contribution is -2.00. The Kier molecular flexibility index (Phi) is 3.63. The number of benzene rings is 1. The Morgan fingerprint density at radius 2 is 2.00 bits per heavy atom. The molecule has 0 bridgehead atoms. The maximum absolute atomic E-state index is 12.6. The maximum Gasteiger partial charge on any atom is 0.303 e. The van der Waals surface area contributed by atoms with Gasteiger partial charge in [0.05, 0.1) is 0 Å². The summed E-state index contributed by atoms with van der Waals surface area (Å²) < 4.78 is 12.6. The molecule has 1 N–H and O–H groups in total. The molecule has 3 heteroatoms. The highest BCUT2D eigenvalue weighted by Gasteiger charge is 2.07. The van der Waals surface area contributed by atoms with E-state index in [0.29, 0.717) is 6.42 Å². The number of carboxylic acid groups (broad SMARTS) is 1. The van der Waals surface area contributed by atoms with Gasteiger partial charge in [0.2, 0.25) is 0 Å². The zero-order valence-electron chi connectivity index (χ0n) is 8.03. The van der Waals surface area contributed by atoms with Gasteiger partial charge in [-0.2, -0.15) is 0 Å². The van der Waals surface area contributed by atoms with Gasteiger partial charge >= 0.3 is 5.97 Å². The van der Waals surface area contributed by atoms with Gasteiger partial charge in [0.25, 0.3) is 0 Å². The molecule has 1 aromatic rings. The highest BCUT2D eigenvalue weighted by Crippen LogP contribution is 2.20. The molecule has 0 heterocycles. The van der Waals surface area contributed by atoms with Crippen molar-refractivity contribution in [3.8, 4) is 0 Å². The predicted molar refractivity (Wildman–Crippen MR) is 51.7 cm³/mol. The minimum atomic E-state index is -0.793. The number of carboxylic acids is 1. The van der Waals surface area contributed by atoms with E-state index in [1.807, 2.05) is 6.92 Å². The SMILES string of the molecule is C[C@H](CCC(=O)O)c1ccc(F)cc1. The highest BCUT2D eigenvalue weighted by atomic mass is 19.1. The molecule has 0 saturated heterocycles.